The highest BCUT2D eigenvalue weighted by Gasteiger charge is 2.33. The van der Waals surface area contributed by atoms with E-state index >= 15 is 0 Å². The summed E-state index contributed by atoms with van der Waals surface area (Å²) in [7, 11) is 1.37. The topological polar surface area (TPSA) is 57.0 Å². The minimum atomic E-state index is -0.828. The van der Waals surface area contributed by atoms with Gasteiger partial charge in [0.2, 0.25) is 0 Å². The zero-order valence-electron chi connectivity index (χ0n) is 10.7. The molecule has 90 valence electrons. The molecule has 0 saturated heterocycles. The van der Waals surface area contributed by atoms with Gasteiger partial charge in [-0.3, -0.25) is 0 Å². The van der Waals surface area contributed by atoms with Crippen molar-refractivity contribution in [1.82, 2.24) is 15.0 Å². The summed E-state index contributed by atoms with van der Waals surface area (Å²) in [5.74, 6) is -0.335. The van der Waals surface area contributed by atoms with Crippen molar-refractivity contribution in [3.63, 3.8) is 0 Å². The summed E-state index contributed by atoms with van der Waals surface area (Å²) >= 11 is 0. The standard InChI is InChI=1S/C11H19N3O2/c1-10(2,3)8-7-14(13-12-8)11(4,5)9(15)16-6/h7H,1-6H3. The van der Waals surface area contributed by atoms with E-state index < -0.39 is 5.54 Å². The summed E-state index contributed by atoms with van der Waals surface area (Å²) in [6.07, 6.45) is 1.79. The lowest BCUT2D eigenvalue weighted by Crippen LogP contribution is -2.37. The Morgan fingerprint density at radius 1 is 1.31 bits per heavy atom. The fourth-order valence-corrected chi connectivity index (χ4v) is 1.22. The predicted octanol–water partition coefficient (Wildman–Crippen LogP) is 1.48. The molecule has 1 heterocycles. The van der Waals surface area contributed by atoms with Crippen molar-refractivity contribution < 1.29 is 9.53 Å². The summed E-state index contributed by atoms with van der Waals surface area (Å²) < 4.78 is 6.28. The SMILES string of the molecule is COC(=O)C(C)(C)n1cc(C(C)(C)C)nn1. The van der Waals surface area contributed by atoms with Gasteiger partial charge >= 0.3 is 5.97 Å². The second-order valence-electron chi connectivity index (χ2n) is 5.35. The van der Waals surface area contributed by atoms with Gasteiger partial charge in [-0.05, 0) is 13.8 Å². The largest absolute Gasteiger partial charge is 0.467 e. The third-order valence-electron chi connectivity index (χ3n) is 2.52. The molecule has 0 N–H and O–H groups in total. The molecule has 5 nitrogen and oxygen atoms in total. The average molecular weight is 225 g/mol. The van der Waals surface area contributed by atoms with Crippen LogP contribution >= 0.6 is 0 Å². The molecule has 0 atom stereocenters. The van der Waals surface area contributed by atoms with Crippen molar-refractivity contribution in [2.75, 3.05) is 7.11 Å². The Kier molecular flexibility index (Phi) is 3.08. The normalized spacial score (nSPS) is 12.6. The van der Waals surface area contributed by atoms with Crippen molar-refractivity contribution >= 4 is 5.97 Å². The Bertz CT molecular complexity index is 388. The Labute approximate surface area is 95.8 Å². The van der Waals surface area contributed by atoms with Crippen molar-refractivity contribution in [3.8, 4) is 0 Å². The number of rotatable bonds is 2. The molecule has 0 fully saturated rings. The number of esters is 1. The van der Waals surface area contributed by atoms with Gasteiger partial charge in [0.15, 0.2) is 5.54 Å². The highest BCUT2D eigenvalue weighted by atomic mass is 16.5. The maximum atomic E-state index is 11.6. The van der Waals surface area contributed by atoms with Crippen molar-refractivity contribution in [3.05, 3.63) is 11.9 Å². The highest BCUT2D eigenvalue weighted by Crippen LogP contribution is 2.22. The summed E-state index contributed by atoms with van der Waals surface area (Å²) in [5, 5.41) is 8.06. The zero-order valence-corrected chi connectivity index (χ0v) is 10.7. The van der Waals surface area contributed by atoms with Gasteiger partial charge in [0.05, 0.1) is 19.0 Å². The molecule has 0 aliphatic rings. The number of nitrogens with zero attached hydrogens (tertiary/aromatic N) is 3. The number of carbonyl (C=O) groups excluding carboxylic acids is 1. The summed E-state index contributed by atoms with van der Waals surface area (Å²) in [5.41, 5.74) is -0.0557. The molecule has 1 rings (SSSR count). The molecule has 0 aliphatic heterocycles. The van der Waals surface area contributed by atoms with Gasteiger partial charge in [0, 0.05) is 5.41 Å². The van der Waals surface area contributed by atoms with Crippen LogP contribution in [0, 0.1) is 0 Å². The average Bonchev–Trinajstić information content (AvgIpc) is 2.64. The first-order valence-electron chi connectivity index (χ1n) is 5.21. The van der Waals surface area contributed by atoms with E-state index in [9.17, 15) is 4.79 Å². The highest BCUT2D eigenvalue weighted by molar-refractivity contribution is 5.77. The summed E-state index contributed by atoms with van der Waals surface area (Å²) in [6, 6.07) is 0. The molecular formula is C11H19N3O2. The van der Waals surface area contributed by atoms with E-state index in [1.54, 1.807) is 24.7 Å². The number of methoxy groups -OCH3 is 1. The molecule has 5 heteroatoms. The van der Waals surface area contributed by atoms with Crippen LogP contribution in [-0.4, -0.2) is 28.1 Å². The Balaban J connectivity index is 3.07. The number of hydrogen-bond donors (Lipinski definition) is 0. The van der Waals surface area contributed by atoms with Gasteiger partial charge in [-0.15, -0.1) is 5.10 Å². The van der Waals surface area contributed by atoms with Crippen LogP contribution in [0.4, 0.5) is 0 Å². The summed E-state index contributed by atoms with van der Waals surface area (Å²) in [6.45, 7) is 9.64. The van der Waals surface area contributed by atoms with Crippen LogP contribution in [0.5, 0.6) is 0 Å². The lowest BCUT2D eigenvalue weighted by atomic mass is 9.93. The van der Waals surface area contributed by atoms with E-state index in [1.807, 2.05) is 20.8 Å². The third-order valence-corrected chi connectivity index (χ3v) is 2.52. The van der Waals surface area contributed by atoms with Crippen LogP contribution in [0.15, 0.2) is 6.20 Å². The molecule has 1 aromatic heterocycles. The van der Waals surface area contributed by atoms with Crippen LogP contribution in [0.1, 0.15) is 40.3 Å². The molecule has 1 aromatic rings. The van der Waals surface area contributed by atoms with Crippen LogP contribution in [-0.2, 0) is 20.5 Å². The lowest BCUT2D eigenvalue weighted by molar-refractivity contribution is -0.150. The second-order valence-corrected chi connectivity index (χ2v) is 5.35. The number of aromatic nitrogens is 3. The molecule has 16 heavy (non-hydrogen) atoms. The van der Waals surface area contributed by atoms with Crippen LogP contribution in [0.3, 0.4) is 0 Å². The van der Waals surface area contributed by atoms with Crippen LogP contribution < -0.4 is 0 Å². The first-order valence-corrected chi connectivity index (χ1v) is 5.21. The fourth-order valence-electron chi connectivity index (χ4n) is 1.22. The van der Waals surface area contributed by atoms with Crippen LogP contribution in [0.2, 0.25) is 0 Å². The molecule has 0 aliphatic carbocycles. The molecule has 0 aromatic carbocycles. The molecule has 0 unspecified atom stereocenters. The van der Waals surface area contributed by atoms with Crippen LogP contribution in [0.25, 0.3) is 0 Å². The van der Waals surface area contributed by atoms with Crippen molar-refractivity contribution in [2.45, 2.75) is 45.6 Å². The van der Waals surface area contributed by atoms with Gasteiger partial charge in [-0.1, -0.05) is 26.0 Å². The van der Waals surface area contributed by atoms with Gasteiger partial charge in [0.1, 0.15) is 0 Å². The minimum absolute atomic E-state index is 0.0789. The van der Waals surface area contributed by atoms with Gasteiger partial charge in [-0.25, -0.2) is 9.48 Å². The third kappa shape index (κ3) is 2.23. The Hall–Kier alpha value is -1.39. The van der Waals surface area contributed by atoms with Gasteiger partial charge in [0.25, 0.3) is 0 Å². The molecule has 0 amide bonds. The minimum Gasteiger partial charge on any atom is -0.467 e. The van der Waals surface area contributed by atoms with E-state index in [-0.39, 0.29) is 11.4 Å². The fraction of sp³-hybridized carbons (Fsp3) is 0.727. The summed E-state index contributed by atoms with van der Waals surface area (Å²) in [4.78, 5) is 11.6. The Morgan fingerprint density at radius 3 is 2.25 bits per heavy atom. The lowest BCUT2D eigenvalue weighted by Gasteiger charge is -2.21. The van der Waals surface area contributed by atoms with E-state index in [2.05, 4.69) is 10.3 Å². The van der Waals surface area contributed by atoms with Gasteiger partial charge in [-0.2, -0.15) is 0 Å². The van der Waals surface area contributed by atoms with Crippen molar-refractivity contribution in [1.29, 1.82) is 0 Å². The second kappa shape index (κ2) is 3.88. The molecule has 0 spiro atoms. The molecule has 0 radical (unpaired) electrons. The van der Waals surface area contributed by atoms with E-state index in [0.29, 0.717) is 0 Å². The quantitative estimate of drug-likeness (QED) is 0.715. The molecule has 0 bridgehead atoms. The number of hydrogen-bond acceptors (Lipinski definition) is 4. The Morgan fingerprint density at radius 2 is 1.88 bits per heavy atom. The van der Waals surface area contributed by atoms with E-state index in [0.717, 1.165) is 5.69 Å². The van der Waals surface area contributed by atoms with E-state index in [4.69, 9.17) is 4.74 Å². The van der Waals surface area contributed by atoms with E-state index in [1.165, 1.54) is 7.11 Å². The van der Waals surface area contributed by atoms with Gasteiger partial charge < -0.3 is 4.74 Å². The monoisotopic (exact) mass is 225 g/mol. The maximum Gasteiger partial charge on any atom is 0.333 e. The zero-order chi connectivity index (χ0) is 12.6. The first kappa shape index (κ1) is 12.7. The number of carbonyl (C=O) groups is 1. The predicted molar refractivity (Wildman–Crippen MR) is 60.1 cm³/mol. The van der Waals surface area contributed by atoms with Crippen molar-refractivity contribution in [2.24, 2.45) is 0 Å². The number of ether oxygens (including phenoxy) is 1. The smallest absolute Gasteiger partial charge is 0.333 e. The first-order chi connectivity index (χ1) is 7.19. The maximum absolute atomic E-state index is 11.6. The molecular weight excluding hydrogens is 206 g/mol. The molecule has 0 saturated carbocycles.